The fraction of sp³-hybridized carbons (Fsp3) is 1.00. The molecule has 218 valence electrons. The Labute approximate surface area is 227 Å². The zero-order valence-corrected chi connectivity index (χ0v) is 27.2. The summed E-state index contributed by atoms with van der Waals surface area (Å²) in [5.41, 5.74) is 6.64. The molecule has 0 rings (SSSR count). The van der Waals surface area contributed by atoms with Gasteiger partial charge in [-0.3, -0.25) is 0 Å². The first-order valence-electron chi connectivity index (χ1n) is 14.7. The molecule has 0 heterocycles. The van der Waals surface area contributed by atoms with Crippen LogP contribution in [0.25, 0.3) is 0 Å². The SMILES string of the molecule is CCCCCCCCCCCCCCCCCCOCC(COC)COP(=O)([O-])OCC[As+](C)(C)C. The molecule has 6 nitrogen and oxygen atoms in total. The monoisotopic (exact) mass is 598 g/mol. The molecule has 2 unspecified atom stereocenters. The second-order valence-electron chi connectivity index (χ2n) is 11.3. The summed E-state index contributed by atoms with van der Waals surface area (Å²) in [7, 11) is -2.67. The van der Waals surface area contributed by atoms with Crippen molar-refractivity contribution in [3.8, 4) is 0 Å². The summed E-state index contributed by atoms with van der Waals surface area (Å²) in [6, 6.07) is 0. The molecule has 0 aliphatic rings. The molecule has 0 radical (unpaired) electrons. The number of ether oxygens (including phenoxy) is 2. The average molecular weight is 599 g/mol. The molecule has 0 bridgehead atoms. The summed E-state index contributed by atoms with van der Waals surface area (Å²) >= 11 is -1.67. The van der Waals surface area contributed by atoms with Gasteiger partial charge in [0.15, 0.2) is 0 Å². The van der Waals surface area contributed by atoms with E-state index >= 15 is 0 Å². The van der Waals surface area contributed by atoms with Gasteiger partial charge in [-0.25, -0.2) is 0 Å². The third-order valence-electron chi connectivity index (χ3n) is 6.38. The first-order chi connectivity index (χ1) is 17.2. The Kier molecular flexibility index (Phi) is 25.0. The van der Waals surface area contributed by atoms with Gasteiger partial charge in [0.05, 0.1) is 0 Å². The van der Waals surface area contributed by atoms with Crippen LogP contribution in [-0.4, -0.2) is 53.7 Å². The van der Waals surface area contributed by atoms with Crippen molar-refractivity contribution in [2.45, 2.75) is 132 Å². The fourth-order valence-corrected chi connectivity index (χ4v) is 6.48. The maximum atomic E-state index is 12.0. The number of hydrogen-bond acceptors (Lipinski definition) is 6. The van der Waals surface area contributed by atoms with Crippen LogP contribution in [0.1, 0.15) is 110 Å². The van der Waals surface area contributed by atoms with E-state index in [1.807, 2.05) is 0 Å². The van der Waals surface area contributed by atoms with Crippen molar-refractivity contribution in [3.63, 3.8) is 0 Å². The summed E-state index contributed by atoms with van der Waals surface area (Å²) in [5.74, 6) is -0.124. The quantitative estimate of drug-likeness (QED) is 0.0512. The van der Waals surface area contributed by atoms with Gasteiger partial charge in [-0.15, -0.1) is 0 Å². The topological polar surface area (TPSA) is 77.1 Å². The van der Waals surface area contributed by atoms with Gasteiger partial charge >= 0.3 is 131 Å². The van der Waals surface area contributed by atoms with E-state index in [0.717, 1.165) is 11.6 Å². The minimum atomic E-state index is -4.27. The molecular formula is C28H60AsO6P. The van der Waals surface area contributed by atoms with Gasteiger partial charge in [-0.1, -0.05) is 96.8 Å². The van der Waals surface area contributed by atoms with Crippen molar-refractivity contribution >= 4 is 21.4 Å². The molecule has 0 aromatic carbocycles. The summed E-state index contributed by atoms with van der Waals surface area (Å²) in [5, 5.41) is 0.817. The van der Waals surface area contributed by atoms with Crippen molar-refractivity contribution in [1.29, 1.82) is 0 Å². The van der Waals surface area contributed by atoms with Crippen molar-refractivity contribution < 1.29 is 28.0 Å². The molecule has 0 saturated carbocycles. The standard InChI is InChI=1S/C28H60AsO6P/c1-6-7-8-9-10-11-12-13-14-15-16-17-18-19-20-21-23-33-26-28(25-32-5)27-35-36(30,31)34-24-22-29(2,3)4/h28H,6-27H2,1-5H3. The van der Waals surface area contributed by atoms with Gasteiger partial charge in [-0.05, 0) is 0 Å². The van der Waals surface area contributed by atoms with Gasteiger partial charge in [0.25, 0.3) is 0 Å². The first kappa shape index (κ1) is 36.6. The predicted octanol–water partition coefficient (Wildman–Crippen LogP) is 8.37. The first-order valence-corrected chi connectivity index (χ1v) is 23.1. The van der Waals surface area contributed by atoms with Gasteiger partial charge < -0.3 is 0 Å². The molecule has 0 amide bonds. The Morgan fingerprint density at radius 3 is 1.58 bits per heavy atom. The Hall–Kier alpha value is 0.588. The van der Waals surface area contributed by atoms with Crippen LogP contribution in [0.15, 0.2) is 0 Å². The van der Waals surface area contributed by atoms with E-state index < -0.39 is 21.4 Å². The number of unbranched alkanes of at least 4 members (excludes halogenated alkanes) is 15. The summed E-state index contributed by atoms with van der Waals surface area (Å²) in [4.78, 5) is 12.0. The Morgan fingerprint density at radius 2 is 1.14 bits per heavy atom. The van der Waals surface area contributed by atoms with Gasteiger partial charge in [0, 0.05) is 0 Å². The molecule has 0 fully saturated rings. The van der Waals surface area contributed by atoms with Crippen LogP contribution >= 0.6 is 7.82 Å². The average Bonchev–Trinajstić information content (AvgIpc) is 2.80. The second-order valence-corrected chi connectivity index (χ2v) is 23.2. The van der Waals surface area contributed by atoms with Crippen molar-refractivity contribution in [2.24, 2.45) is 5.92 Å². The minimum absolute atomic E-state index is 0.0310. The third kappa shape index (κ3) is 27.6. The number of methoxy groups -OCH3 is 1. The summed E-state index contributed by atoms with van der Waals surface area (Å²) in [6.07, 6.45) is 21.6. The molecule has 8 heteroatoms. The number of phosphoric ester groups is 1. The normalized spacial score (nSPS) is 14.7. The molecule has 2 atom stereocenters. The molecule has 0 aromatic heterocycles. The van der Waals surface area contributed by atoms with E-state index in [1.54, 1.807) is 7.11 Å². The predicted molar refractivity (Wildman–Crippen MR) is 153 cm³/mol. The van der Waals surface area contributed by atoms with Crippen LogP contribution < -0.4 is 4.89 Å². The van der Waals surface area contributed by atoms with E-state index in [0.29, 0.717) is 19.8 Å². The molecule has 0 saturated heterocycles. The van der Waals surface area contributed by atoms with Crippen LogP contribution in [0.3, 0.4) is 0 Å². The summed E-state index contributed by atoms with van der Waals surface area (Å²) < 4.78 is 33.1. The molecule has 0 N–H and O–H groups in total. The van der Waals surface area contributed by atoms with E-state index in [-0.39, 0.29) is 19.1 Å². The summed E-state index contributed by atoms with van der Waals surface area (Å²) in [6.45, 7) is 4.05. The van der Waals surface area contributed by atoms with Crippen LogP contribution in [0.2, 0.25) is 22.3 Å². The molecule has 0 aliphatic carbocycles. The van der Waals surface area contributed by atoms with Gasteiger partial charge in [0.2, 0.25) is 0 Å². The zero-order valence-electron chi connectivity index (χ0n) is 24.5. The van der Waals surface area contributed by atoms with Gasteiger partial charge in [0.1, 0.15) is 0 Å². The number of phosphoric acid groups is 1. The van der Waals surface area contributed by atoms with Crippen molar-refractivity contribution in [2.75, 3.05) is 40.1 Å². The maximum absolute atomic E-state index is 12.0. The molecule has 36 heavy (non-hydrogen) atoms. The molecule has 0 aliphatic heterocycles. The van der Waals surface area contributed by atoms with Crippen LogP contribution in [0, 0.1) is 5.92 Å². The van der Waals surface area contributed by atoms with E-state index in [1.165, 1.54) is 96.3 Å². The third-order valence-corrected chi connectivity index (χ3v) is 10.5. The Bertz CT molecular complexity index is 515. The van der Waals surface area contributed by atoms with E-state index in [9.17, 15) is 9.46 Å². The fourth-order valence-electron chi connectivity index (χ4n) is 4.04. The molecule has 0 spiro atoms. The zero-order chi connectivity index (χ0) is 27.0. The van der Waals surface area contributed by atoms with Crippen molar-refractivity contribution in [1.82, 2.24) is 0 Å². The second kappa shape index (κ2) is 24.6. The Balaban J connectivity index is 3.59. The van der Waals surface area contributed by atoms with Gasteiger partial charge in [-0.2, -0.15) is 0 Å². The Morgan fingerprint density at radius 1 is 0.667 bits per heavy atom. The van der Waals surface area contributed by atoms with Crippen LogP contribution in [0.5, 0.6) is 0 Å². The molecular weight excluding hydrogens is 538 g/mol. The number of rotatable bonds is 28. The van der Waals surface area contributed by atoms with Crippen LogP contribution in [0.4, 0.5) is 0 Å². The van der Waals surface area contributed by atoms with Crippen molar-refractivity contribution in [3.05, 3.63) is 0 Å². The molecule has 0 aromatic rings. The number of hydrogen-bond donors (Lipinski definition) is 0. The van der Waals surface area contributed by atoms with Crippen LogP contribution in [-0.2, 0) is 23.1 Å². The van der Waals surface area contributed by atoms with E-state index in [2.05, 4.69) is 24.1 Å². The van der Waals surface area contributed by atoms with E-state index in [4.69, 9.17) is 18.5 Å².